The van der Waals surface area contributed by atoms with Crippen LogP contribution in [0.4, 0.5) is 5.69 Å². The summed E-state index contributed by atoms with van der Waals surface area (Å²) < 4.78 is 3.98. The maximum Gasteiger partial charge on any atom is 0.234 e. The molecule has 1 aliphatic rings. The van der Waals surface area contributed by atoms with Gasteiger partial charge in [-0.15, -0.1) is 10.2 Å². The van der Waals surface area contributed by atoms with Crippen molar-refractivity contribution in [2.75, 3.05) is 11.1 Å². The first-order valence-electron chi connectivity index (χ1n) is 9.59. The lowest BCUT2D eigenvalue weighted by Gasteiger charge is -2.22. The first-order chi connectivity index (χ1) is 14.1. The highest BCUT2D eigenvalue weighted by Gasteiger charge is 2.24. The van der Waals surface area contributed by atoms with E-state index in [1.807, 2.05) is 33.9 Å². The number of halogens is 2. The highest BCUT2D eigenvalue weighted by atomic mass is 35.5. The van der Waals surface area contributed by atoms with E-state index in [1.165, 1.54) is 31.0 Å². The molecule has 1 aliphatic carbocycles. The summed E-state index contributed by atoms with van der Waals surface area (Å²) in [6, 6.07) is 9.04. The number of hydrogen-bond acceptors (Lipinski definition) is 4. The Hall–Kier alpha value is -1.96. The van der Waals surface area contributed by atoms with Crippen molar-refractivity contribution in [3.8, 4) is 0 Å². The number of rotatable bonds is 6. The molecule has 29 heavy (non-hydrogen) atoms. The van der Waals surface area contributed by atoms with Crippen LogP contribution in [0.3, 0.4) is 0 Å². The summed E-state index contributed by atoms with van der Waals surface area (Å²) >= 11 is 13.6. The van der Waals surface area contributed by atoms with Gasteiger partial charge in [0.05, 0.1) is 21.5 Å². The Morgan fingerprint density at radius 1 is 1.07 bits per heavy atom. The summed E-state index contributed by atoms with van der Waals surface area (Å²) in [4.78, 5) is 12.5. The molecule has 0 atom stereocenters. The van der Waals surface area contributed by atoms with Crippen LogP contribution >= 0.6 is 35.0 Å². The number of para-hydroxylation sites is 1. The molecule has 1 saturated carbocycles. The quantitative estimate of drug-likeness (QED) is 0.506. The molecule has 0 spiro atoms. The average molecular weight is 450 g/mol. The van der Waals surface area contributed by atoms with Crippen molar-refractivity contribution in [3.63, 3.8) is 0 Å². The first kappa shape index (κ1) is 20.3. The van der Waals surface area contributed by atoms with Crippen molar-refractivity contribution in [1.82, 2.24) is 19.5 Å². The molecule has 1 fully saturated rings. The summed E-state index contributed by atoms with van der Waals surface area (Å²) in [6.07, 6.45) is 9.87. The van der Waals surface area contributed by atoms with Crippen LogP contribution in [0.1, 0.15) is 43.8 Å². The van der Waals surface area contributed by atoms with Crippen molar-refractivity contribution in [1.29, 1.82) is 0 Å². The Morgan fingerprint density at radius 3 is 2.45 bits per heavy atom. The van der Waals surface area contributed by atoms with Crippen molar-refractivity contribution < 1.29 is 4.79 Å². The van der Waals surface area contributed by atoms with Gasteiger partial charge in [0.15, 0.2) is 5.82 Å². The number of nitrogens with zero attached hydrogens (tertiary/aromatic N) is 4. The van der Waals surface area contributed by atoms with E-state index in [4.69, 9.17) is 23.2 Å². The molecule has 152 valence electrons. The Morgan fingerprint density at radius 2 is 1.76 bits per heavy atom. The summed E-state index contributed by atoms with van der Waals surface area (Å²) in [5.41, 5.74) is 0.427. The number of carbonyl (C=O) groups excluding carboxylic acids is 1. The van der Waals surface area contributed by atoms with Gasteiger partial charge in [0, 0.05) is 18.3 Å². The third-order valence-electron chi connectivity index (χ3n) is 4.99. The van der Waals surface area contributed by atoms with E-state index in [1.54, 1.807) is 18.2 Å². The lowest BCUT2D eigenvalue weighted by Crippen LogP contribution is -2.18. The van der Waals surface area contributed by atoms with Gasteiger partial charge in [-0.3, -0.25) is 9.47 Å². The van der Waals surface area contributed by atoms with E-state index in [0.29, 0.717) is 26.8 Å². The number of thioether (sulfide) groups is 1. The van der Waals surface area contributed by atoms with Crippen molar-refractivity contribution in [3.05, 3.63) is 58.6 Å². The highest BCUT2D eigenvalue weighted by molar-refractivity contribution is 7.99. The molecule has 2 heterocycles. The van der Waals surface area contributed by atoms with Crippen LogP contribution in [-0.4, -0.2) is 31.2 Å². The Labute approximate surface area is 183 Å². The number of hydrogen-bond donors (Lipinski definition) is 1. The predicted molar refractivity (Wildman–Crippen MR) is 117 cm³/mol. The predicted octanol–water partition coefficient (Wildman–Crippen LogP) is 5.48. The lowest BCUT2D eigenvalue weighted by atomic mass is 9.89. The molecule has 0 unspecified atom stereocenters. The monoisotopic (exact) mass is 449 g/mol. The standard InChI is InChI=1S/C20H21Cl2N5OS/c21-15-9-6-10-16(22)18(15)23-17(28)13-29-20-25-24-19(14-7-2-1-3-8-14)27(20)26-11-4-5-12-26/h4-6,9-12,14H,1-3,7-8,13H2,(H,23,28). The normalized spacial score (nSPS) is 14.8. The van der Waals surface area contributed by atoms with Crippen LogP contribution in [0.2, 0.25) is 10.0 Å². The number of aromatic nitrogens is 4. The third kappa shape index (κ3) is 4.63. The fraction of sp³-hybridized carbons (Fsp3) is 0.350. The molecule has 1 amide bonds. The number of carbonyl (C=O) groups is 1. The first-order valence-corrected chi connectivity index (χ1v) is 11.3. The molecule has 0 bridgehead atoms. The molecule has 6 nitrogen and oxygen atoms in total. The van der Waals surface area contributed by atoms with E-state index in [9.17, 15) is 4.79 Å². The van der Waals surface area contributed by atoms with E-state index >= 15 is 0 Å². The number of benzene rings is 1. The third-order valence-corrected chi connectivity index (χ3v) is 6.53. The summed E-state index contributed by atoms with van der Waals surface area (Å²) in [5.74, 6) is 1.32. The SMILES string of the molecule is O=C(CSc1nnc(C2CCCCC2)n1-n1cccc1)Nc1c(Cl)cccc1Cl. The van der Waals surface area contributed by atoms with Crippen LogP contribution in [0, 0.1) is 0 Å². The van der Waals surface area contributed by atoms with E-state index in [0.717, 1.165) is 18.7 Å². The van der Waals surface area contributed by atoms with Gasteiger partial charge in [0.1, 0.15) is 0 Å². The molecule has 4 rings (SSSR count). The lowest BCUT2D eigenvalue weighted by molar-refractivity contribution is -0.113. The second-order valence-corrected chi connectivity index (χ2v) is 8.74. The molecule has 1 aromatic carbocycles. The topological polar surface area (TPSA) is 64.7 Å². The van der Waals surface area contributed by atoms with Crippen molar-refractivity contribution in [2.45, 2.75) is 43.2 Å². The van der Waals surface area contributed by atoms with Gasteiger partial charge in [0.25, 0.3) is 0 Å². The minimum absolute atomic E-state index is 0.172. The van der Waals surface area contributed by atoms with E-state index in [2.05, 4.69) is 15.5 Å². The fourth-order valence-electron chi connectivity index (χ4n) is 3.58. The summed E-state index contributed by atoms with van der Waals surface area (Å²) in [7, 11) is 0. The molecule has 0 saturated heterocycles. The van der Waals surface area contributed by atoms with Gasteiger partial charge in [-0.1, -0.05) is 60.3 Å². The van der Waals surface area contributed by atoms with Crippen LogP contribution in [0.5, 0.6) is 0 Å². The molecule has 2 aromatic heterocycles. The molecular weight excluding hydrogens is 429 g/mol. The molecule has 1 N–H and O–H groups in total. The van der Waals surface area contributed by atoms with Crippen LogP contribution in [0.15, 0.2) is 47.9 Å². The largest absolute Gasteiger partial charge is 0.323 e. The summed E-state index contributed by atoms with van der Waals surface area (Å²) in [5, 5.41) is 13.2. The Kier molecular flexibility index (Phi) is 6.47. The number of anilines is 1. The highest BCUT2D eigenvalue weighted by Crippen LogP contribution is 2.34. The van der Waals surface area contributed by atoms with E-state index in [-0.39, 0.29) is 11.7 Å². The Balaban J connectivity index is 1.51. The minimum atomic E-state index is -0.203. The van der Waals surface area contributed by atoms with Gasteiger partial charge in [-0.05, 0) is 37.1 Å². The summed E-state index contributed by atoms with van der Waals surface area (Å²) in [6.45, 7) is 0. The molecule has 0 aliphatic heterocycles. The van der Waals surface area contributed by atoms with Crippen molar-refractivity contribution in [2.24, 2.45) is 0 Å². The number of nitrogens with one attached hydrogen (secondary N) is 1. The van der Waals surface area contributed by atoms with Gasteiger partial charge in [0.2, 0.25) is 11.1 Å². The Bertz CT molecular complexity index is 963. The van der Waals surface area contributed by atoms with Gasteiger partial charge < -0.3 is 5.32 Å². The van der Waals surface area contributed by atoms with Gasteiger partial charge in [-0.2, -0.15) is 0 Å². The van der Waals surface area contributed by atoms with Crippen LogP contribution in [0.25, 0.3) is 0 Å². The molecule has 0 radical (unpaired) electrons. The molecular formula is C20H21Cl2N5OS. The fourth-order valence-corrected chi connectivity index (χ4v) is 4.81. The zero-order valence-electron chi connectivity index (χ0n) is 15.7. The zero-order chi connectivity index (χ0) is 20.2. The number of amides is 1. The zero-order valence-corrected chi connectivity index (χ0v) is 18.1. The second-order valence-electron chi connectivity index (χ2n) is 6.98. The van der Waals surface area contributed by atoms with Crippen LogP contribution < -0.4 is 5.32 Å². The van der Waals surface area contributed by atoms with Gasteiger partial charge in [-0.25, -0.2) is 4.68 Å². The van der Waals surface area contributed by atoms with Crippen molar-refractivity contribution >= 4 is 46.6 Å². The van der Waals surface area contributed by atoms with Crippen LogP contribution in [-0.2, 0) is 4.79 Å². The smallest absolute Gasteiger partial charge is 0.234 e. The minimum Gasteiger partial charge on any atom is -0.323 e. The molecule has 9 heteroatoms. The second kappa shape index (κ2) is 9.24. The average Bonchev–Trinajstić information content (AvgIpc) is 3.39. The maximum atomic E-state index is 12.5. The van der Waals surface area contributed by atoms with Gasteiger partial charge >= 0.3 is 0 Å². The van der Waals surface area contributed by atoms with E-state index < -0.39 is 0 Å². The molecule has 3 aromatic rings. The maximum absolute atomic E-state index is 12.5.